The Hall–Kier alpha value is -1.94. The molecule has 0 saturated carbocycles. The van der Waals surface area contributed by atoms with Gasteiger partial charge in [0, 0.05) is 31.5 Å². The fourth-order valence-corrected chi connectivity index (χ4v) is 2.24. The molecule has 1 aromatic heterocycles. The van der Waals surface area contributed by atoms with Gasteiger partial charge < -0.3 is 19.4 Å². The van der Waals surface area contributed by atoms with Gasteiger partial charge in [-0.05, 0) is 36.8 Å². The van der Waals surface area contributed by atoms with Crippen molar-refractivity contribution in [3.63, 3.8) is 0 Å². The van der Waals surface area contributed by atoms with Crippen molar-refractivity contribution in [1.82, 2.24) is 9.88 Å². The first-order valence-electron chi connectivity index (χ1n) is 6.47. The third-order valence-corrected chi connectivity index (χ3v) is 3.54. The summed E-state index contributed by atoms with van der Waals surface area (Å²) in [6.07, 6.45) is 2.06. The lowest BCUT2D eigenvalue weighted by Gasteiger charge is -2.15. The van der Waals surface area contributed by atoms with E-state index in [9.17, 15) is 0 Å². The van der Waals surface area contributed by atoms with Crippen LogP contribution in [0.15, 0.2) is 36.5 Å². The quantitative estimate of drug-likeness (QED) is 0.915. The van der Waals surface area contributed by atoms with E-state index >= 15 is 0 Å². The van der Waals surface area contributed by atoms with Gasteiger partial charge in [-0.25, -0.2) is 0 Å². The molecule has 0 aliphatic carbocycles. The van der Waals surface area contributed by atoms with Crippen LogP contribution in [0.3, 0.4) is 0 Å². The molecular formula is C15H18N2O2. The monoisotopic (exact) mass is 258 g/mol. The fourth-order valence-electron chi connectivity index (χ4n) is 2.24. The van der Waals surface area contributed by atoms with E-state index in [4.69, 9.17) is 9.47 Å². The molecule has 3 rings (SSSR count). The normalized spacial score (nSPS) is 14.6. The lowest BCUT2D eigenvalue weighted by atomic mass is 10.1. The number of nitrogens with zero attached hydrogens (tertiary/aromatic N) is 1. The largest absolute Gasteiger partial charge is 0.454 e. The van der Waals surface area contributed by atoms with Crippen molar-refractivity contribution in [2.24, 2.45) is 7.05 Å². The van der Waals surface area contributed by atoms with E-state index < -0.39 is 0 Å². The van der Waals surface area contributed by atoms with Gasteiger partial charge in [-0.15, -0.1) is 0 Å². The van der Waals surface area contributed by atoms with Crippen molar-refractivity contribution < 1.29 is 9.47 Å². The van der Waals surface area contributed by atoms with Gasteiger partial charge in [0.1, 0.15) is 0 Å². The fraction of sp³-hybridized carbons (Fsp3) is 0.333. The number of rotatable bonds is 4. The highest BCUT2D eigenvalue weighted by atomic mass is 16.7. The Morgan fingerprint density at radius 1 is 1.26 bits per heavy atom. The molecule has 0 radical (unpaired) electrons. The van der Waals surface area contributed by atoms with Crippen LogP contribution < -0.4 is 14.8 Å². The average Bonchev–Trinajstić information content (AvgIpc) is 3.03. The highest BCUT2D eigenvalue weighted by molar-refractivity contribution is 5.45. The van der Waals surface area contributed by atoms with Crippen molar-refractivity contribution >= 4 is 0 Å². The molecule has 2 aromatic rings. The second kappa shape index (κ2) is 4.97. The standard InChI is InChI=1S/C15H18N2O2/c1-11(16-9-13-4-3-7-17(13)2)12-5-6-14-15(8-12)19-10-18-14/h3-8,11,16H,9-10H2,1-2H3/t11-/m1/s1. The number of nitrogens with one attached hydrogen (secondary N) is 1. The van der Waals surface area contributed by atoms with Crippen molar-refractivity contribution in [2.45, 2.75) is 19.5 Å². The first-order valence-corrected chi connectivity index (χ1v) is 6.47. The summed E-state index contributed by atoms with van der Waals surface area (Å²) >= 11 is 0. The molecule has 1 aliphatic rings. The van der Waals surface area contributed by atoms with Gasteiger partial charge in [0.25, 0.3) is 0 Å². The molecule has 1 N–H and O–H groups in total. The molecule has 0 fully saturated rings. The molecule has 2 heterocycles. The molecule has 4 heteroatoms. The Labute approximate surface area is 113 Å². The topological polar surface area (TPSA) is 35.4 Å². The number of fused-ring (bicyclic) bond motifs is 1. The van der Waals surface area contributed by atoms with Gasteiger partial charge in [-0.1, -0.05) is 6.07 Å². The van der Waals surface area contributed by atoms with Crippen LogP contribution >= 0.6 is 0 Å². The van der Waals surface area contributed by atoms with Crippen LogP contribution in [0.2, 0.25) is 0 Å². The lowest BCUT2D eigenvalue weighted by Crippen LogP contribution is -2.19. The summed E-state index contributed by atoms with van der Waals surface area (Å²) in [6, 6.07) is 10.5. The van der Waals surface area contributed by atoms with Crippen LogP contribution in [0.5, 0.6) is 11.5 Å². The third kappa shape index (κ3) is 2.44. The molecule has 1 atom stereocenters. The average molecular weight is 258 g/mol. The van der Waals surface area contributed by atoms with E-state index in [1.54, 1.807) is 0 Å². The van der Waals surface area contributed by atoms with Crippen molar-refractivity contribution in [2.75, 3.05) is 6.79 Å². The van der Waals surface area contributed by atoms with Crippen LogP contribution in [-0.4, -0.2) is 11.4 Å². The molecule has 4 nitrogen and oxygen atoms in total. The number of hydrogen-bond donors (Lipinski definition) is 1. The zero-order valence-electron chi connectivity index (χ0n) is 11.2. The van der Waals surface area contributed by atoms with E-state index in [1.165, 1.54) is 11.3 Å². The molecule has 19 heavy (non-hydrogen) atoms. The van der Waals surface area contributed by atoms with Crippen molar-refractivity contribution in [1.29, 1.82) is 0 Å². The first-order chi connectivity index (χ1) is 9.24. The van der Waals surface area contributed by atoms with Gasteiger partial charge in [0.15, 0.2) is 11.5 Å². The van der Waals surface area contributed by atoms with E-state index in [2.05, 4.69) is 48.3 Å². The summed E-state index contributed by atoms with van der Waals surface area (Å²) in [5.41, 5.74) is 2.48. The third-order valence-electron chi connectivity index (χ3n) is 3.54. The van der Waals surface area contributed by atoms with Crippen LogP contribution in [0.1, 0.15) is 24.2 Å². The summed E-state index contributed by atoms with van der Waals surface area (Å²) < 4.78 is 12.9. The second-order valence-electron chi connectivity index (χ2n) is 4.83. The molecule has 0 saturated heterocycles. The van der Waals surface area contributed by atoms with Crippen molar-refractivity contribution in [3.05, 3.63) is 47.8 Å². The number of aromatic nitrogens is 1. The van der Waals surface area contributed by atoms with Crippen LogP contribution in [0.25, 0.3) is 0 Å². The number of aryl methyl sites for hydroxylation is 1. The Balaban J connectivity index is 1.67. The van der Waals surface area contributed by atoms with Gasteiger partial charge >= 0.3 is 0 Å². The van der Waals surface area contributed by atoms with Gasteiger partial charge in [-0.3, -0.25) is 0 Å². The van der Waals surface area contributed by atoms with E-state index in [1.807, 2.05) is 12.1 Å². The molecule has 100 valence electrons. The Morgan fingerprint density at radius 3 is 2.89 bits per heavy atom. The second-order valence-corrected chi connectivity index (χ2v) is 4.83. The maximum atomic E-state index is 5.40. The minimum Gasteiger partial charge on any atom is -0.454 e. The summed E-state index contributed by atoms with van der Waals surface area (Å²) in [4.78, 5) is 0. The minimum absolute atomic E-state index is 0.268. The predicted octanol–water partition coefficient (Wildman–Crippen LogP) is 2.60. The summed E-state index contributed by atoms with van der Waals surface area (Å²) in [5.74, 6) is 1.67. The molecular weight excluding hydrogens is 240 g/mol. The van der Waals surface area contributed by atoms with Crippen LogP contribution in [0.4, 0.5) is 0 Å². The summed E-state index contributed by atoms with van der Waals surface area (Å²) in [5, 5.41) is 3.52. The molecule has 0 spiro atoms. The Kier molecular flexibility index (Phi) is 3.17. The molecule has 0 bridgehead atoms. The first kappa shape index (κ1) is 12.1. The molecule has 1 aliphatic heterocycles. The Bertz CT molecular complexity index is 577. The zero-order valence-corrected chi connectivity index (χ0v) is 11.2. The highest BCUT2D eigenvalue weighted by Crippen LogP contribution is 2.34. The van der Waals surface area contributed by atoms with Gasteiger partial charge in [0.2, 0.25) is 6.79 Å². The minimum atomic E-state index is 0.268. The smallest absolute Gasteiger partial charge is 0.231 e. The van der Waals surface area contributed by atoms with Crippen molar-refractivity contribution in [3.8, 4) is 11.5 Å². The molecule has 0 unspecified atom stereocenters. The van der Waals surface area contributed by atoms with Crippen LogP contribution in [-0.2, 0) is 13.6 Å². The summed E-state index contributed by atoms with van der Waals surface area (Å²) in [7, 11) is 2.06. The zero-order chi connectivity index (χ0) is 13.2. The Morgan fingerprint density at radius 2 is 2.11 bits per heavy atom. The van der Waals surface area contributed by atoms with Gasteiger partial charge in [0.05, 0.1) is 0 Å². The predicted molar refractivity (Wildman–Crippen MR) is 73.2 cm³/mol. The number of ether oxygens (including phenoxy) is 2. The number of hydrogen-bond acceptors (Lipinski definition) is 3. The van der Waals surface area contributed by atoms with Crippen LogP contribution in [0, 0.1) is 0 Å². The molecule has 1 aromatic carbocycles. The van der Waals surface area contributed by atoms with E-state index in [0.29, 0.717) is 6.79 Å². The van der Waals surface area contributed by atoms with E-state index in [0.717, 1.165) is 18.0 Å². The lowest BCUT2D eigenvalue weighted by molar-refractivity contribution is 0.174. The van der Waals surface area contributed by atoms with Gasteiger partial charge in [-0.2, -0.15) is 0 Å². The summed E-state index contributed by atoms with van der Waals surface area (Å²) in [6.45, 7) is 3.32. The SMILES string of the molecule is C[C@@H](NCc1cccn1C)c1ccc2c(c1)OCO2. The highest BCUT2D eigenvalue weighted by Gasteiger charge is 2.15. The number of benzene rings is 1. The molecule has 0 amide bonds. The van der Waals surface area contributed by atoms with E-state index in [-0.39, 0.29) is 6.04 Å². The maximum absolute atomic E-state index is 5.40. The maximum Gasteiger partial charge on any atom is 0.231 e.